The summed E-state index contributed by atoms with van der Waals surface area (Å²) in [4.78, 5) is 25.3. The van der Waals surface area contributed by atoms with Crippen molar-refractivity contribution in [1.82, 2.24) is 0 Å². The number of fused-ring (bicyclic) bond motifs is 1. The Hall–Kier alpha value is -2.86. The molecule has 2 aliphatic rings. The fourth-order valence-corrected chi connectivity index (χ4v) is 5.24. The van der Waals surface area contributed by atoms with Gasteiger partial charge in [0.25, 0.3) is 5.91 Å². The Morgan fingerprint density at radius 2 is 1.91 bits per heavy atom. The largest absolute Gasteiger partial charge is 0.496 e. The van der Waals surface area contributed by atoms with E-state index in [1.807, 2.05) is 38.1 Å². The minimum absolute atomic E-state index is 0.115. The molecule has 6 nitrogen and oxygen atoms in total. The summed E-state index contributed by atoms with van der Waals surface area (Å²) >= 11 is 0. The molecule has 1 heterocycles. The van der Waals surface area contributed by atoms with Crippen LogP contribution in [0, 0.1) is 5.92 Å². The Morgan fingerprint density at radius 3 is 2.62 bits per heavy atom. The molecule has 1 amide bonds. The summed E-state index contributed by atoms with van der Waals surface area (Å²) in [6.45, 7) is 4.28. The topological polar surface area (TPSA) is 84.9 Å². The van der Waals surface area contributed by atoms with E-state index >= 15 is 0 Å². The number of ether oxygens (including phenoxy) is 2. The average Bonchev–Trinajstić information content (AvgIpc) is 3.44. The number of carbonyl (C=O) groups is 2. The number of cyclic esters (lactones) is 1. The number of carbonyl (C=O) groups excluding carboxylic acids is 2. The van der Waals surface area contributed by atoms with Crippen LogP contribution in [0.15, 0.2) is 42.5 Å². The van der Waals surface area contributed by atoms with E-state index in [0.29, 0.717) is 11.3 Å². The molecule has 0 spiro atoms. The summed E-state index contributed by atoms with van der Waals surface area (Å²) in [5, 5.41) is 14.8. The lowest BCUT2D eigenvalue weighted by molar-refractivity contribution is -0.143. The maximum Gasteiger partial charge on any atom is 0.338 e. The third kappa shape index (κ3) is 4.11. The molecule has 0 saturated heterocycles. The zero-order chi connectivity index (χ0) is 22.9. The molecular weight excluding hydrogens is 406 g/mol. The number of hydrogen-bond donors (Lipinski definition) is 2. The zero-order valence-electron chi connectivity index (χ0n) is 18.9. The van der Waals surface area contributed by atoms with Gasteiger partial charge in [0.1, 0.15) is 18.0 Å². The number of aliphatic hydroxyl groups is 1. The molecule has 1 unspecified atom stereocenters. The second-order valence-electron chi connectivity index (χ2n) is 9.57. The van der Waals surface area contributed by atoms with E-state index in [-0.39, 0.29) is 24.9 Å². The summed E-state index contributed by atoms with van der Waals surface area (Å²) in [6, 6.07) is 12.8. The molecule has 1 saturated carbocycles. The minimum atomic E-state index is -1.54. The molecule has 4 rings (SSSR count). The highest BCUT2D eigenvalue weighted by Crippen LogP contribution is 2.44. The van der Waals surface area contributed by atoms with Crippen LogP contribution in [0.25, 0.3) is 0 Å². The van der Waals surface area contributed by atoms with Crippen molar-refractivity contribution in [3.63, 3.8) is 0 Å². The molecule has 0 bridgehead atoms. The fraction of sp³-hybridized carbons (Fsp3) is 0.462. The first-order chi connectivity index (χ1) is 15.2. The monoisotopic (exact) mass is 437 g/mol. The van der Waals surface area contributed by atoms with Crippen LogP contribution in [0.3, 0.4) is 0 Å². The highest BCUT2D eigenvalue weighted by atomic mass is 16.5. The summed E-state index contributed by atoms with van der Waals surface area (Å²) in [7, 11) is 1.63. The lowest BCUT2D eigenvalue weighted by Gasteiger charge is -2.39. The second-order valence-corrected chi connectivity index (χ2v) is 9.57. The number of amides is 1. The van der Waals surface area contributed by atoms with Crippen molar-refractivity contribution in [3.05, 3.63) is 59.2 Å². The van der Waals surface area contributed by atoms with Crippen LogP contribution in [0.5, 0.6) is 5.75 Å². The molecule has 6 heteroatoms. The normalized spacial score (nSPS) is 18.1. The minimum Gasteiger partial charge on any atom is -0.496 e. The number of methoxy groups -OCH3 is 1. The highest BCUT2D eigenvalue weighted by Gasteiger charge is 2.49. The zero-order valence-corrected chi connectivity index (χ0v) is 18.9. The predicted octanol–water partition coefficient (Wildman–Crippen LogP) is 4.59. The van der Waals surface area contributed by atoms with Gasteiger partial charge >= 0.3 is 5.97 Å². The number of hydrogen-bond acceptors (Lipinski definition) is 5. The number of anilines is 1. The van der Waals surface area contributed by atoms with Gasteiger partial charge in [0.15, 0.2) is 0 Å². The van der Waals surface area contributed by atoms with Gasteiger partial charge in [-0.1, -0.05) is 44.9 Å². The van der Waals surface area contributed by atoms with Crippen molar-refractivity contribution in [2.24, 2.45) is 5.92 Å². The number of esters is 1. The lowest BCUT2D eigenvalue weighted by atomic mass is 9.69. The molecule has 2 aromatic rings. The van der Waals surface area contributed by atoms with Crippen molar-refractivity contribution < 1.29 is 24.2 Å². The van der Waals surface area contributed by atoms with E-state index in [0.717, 1.165) is 42.6 Å². The van der Waals surface area contributed by atoms with E-state index in [9.17, 15) is 14.7 Å². The van der Waals surface area contributed by atoms with Gasteiger partial charge in [0, 0.05) is 11.3 Å². The van der Waals surface area contributed by atoms with Gasteiger partial charge in [0.2, 0.25) is 0 Å². The molecule has 1 aliphatic heterocycles. The Morgan fingerprint density at radius 1 is 1.19 bits per heavy atom. The van der Waals surface area contributed by atoms with Crippen LogP contribution in [0.1, 0.15) is 67.4 Å². The number of nitrogens with one attached hydrogen (secondary N) is 1. The molecule has 170 valence electrons. The number of benzene rings is 2. The van der Waals surface area contributed by atoms with E-state index in [4.69, 9.17) is 9.47 Å². The SMILES string of the molecule is COc1ccccc1C(C)(C)CC(O)(C(=O)Nc1ccc2c(c1)COC2=O)C1CCCC1. The van der Waals surface area contributed by atoms with Crippen molar-refractivity contribution in [1.29, 1.82) is 0 Å². The quantitative estimate of drug-likeness (QED) is 0.619. The third-order valence-electron chi connectivity index (χ3n) is 6.91. The Kier molecular flexibility index (Phi) is 5.99. The van der Waals surface area contributed by atoms with Crippen molar-refractivity contribution in [3.8, 4) is 5.75 Å². The second kappa shape index (κ2) is 8.58. The molecule has 2 aromatic carbocycles. The van der Waals surface area contributed by atoms with Gasteiger partial charge in [-0.05, 0) is 60.4 Å². The smallest absolute Gasteiger partial charge is 0.338 e. The van der Waals surface area contributed by atoms with Crippen LogP contribution in [-0.4, -0.2) is 29.7 Å². The van der Waals surface area contributed by atoms with E-state index in [2.05, 4.69) is 5.32 Å². The van der Waals surface area contributed by atoms with Crippen LogP contribution in [0.2, 0.25) is 0 Å². The van der Waals surface area contributed by atoms with Crippen LogP contribution in [0.4, 0.5) is 5.69 Å². The lowest BCUT2D eigenvalue weighted by Crippen LogP contribution is -2.52. The molecule has 1 atom stereocenters. The third-order valence-corrected chi connectivity index (χ3v) is 6.91. The Balaban J connectivity index is 1.63. The molecule has 32 heavy (non-hydrogen) atoms. The summed E-state index contributed by atoms with van der Waals surface area (Å²) in [5.74, 6) is -0.123. The van der Waals surface area contributed by atoms with Crippen LogP contribution in [-0.2, 0) is 21.6 Å². The molecule has 1 fully saturated rings. The molecule has 1 aliphatic carbocycles. The van der Waals surface area contributed by atoms with E-state index < -0.39 is 16.9 Å². The average molecular weight is 438 g/mol. The first-order valence-corrected chi connectivity index (χ1v) is 11.2. The molecule has 0 radical (unpaired) electrons. The maximum atomic E-state index is 13.6. The maximum absolute atomic E-state index is 13.6. The van der Waals surface area contributed by atoms with Gasteiger partial charge in [-0.2, -0.15) is 0 Å². The number of para-hydroxylation sites is 1. The first kappa shape index (κ1) is 22.3. The molecular formula is C26H31NO5. The van der Waals surface area contributed by atoms with Gasteiger partial charge in [-0.3, -0.25) is 4.79 Å². The summed E-state index contributed by atoms with van der Waals surface area (Å²) < 4.78 is 10.6. The van der Waals surface area contributed by atoms with E-state index in [1.54, 1.807) is 25.3 Å². The predicted molar refractivity (Wildman–Crippen MR) is 122 cm³/mol. The first-order valence-electron chi connectivity index (χ1n) is 11.2. The van der Waals surface area contributed by atoms with Gasteiger partial charge in [0.05, 0.1) is 12.7 Å². The van der Waals surface area contributed by atoms with Crippen LogP contribution < -0.4 is 10.1 Å². The number of rotatable bonds is 7. The molecule has 2 N–H and O–H groups in total. The van der Waals surface area contributed by atoms with Crippen molar-refractivity contribution >= 4 is 17.6 Å². The van der Waals surface area contributed by atoms with Gasteiger partial charge in [-0.25, -0.2) is 4.79 Å². The highest BCUT2D eigenvalue weighted by molar-refractivity contribution is 5.99. The molecule has 0 aromatic heterocycles. The van der Waals surface area contributed by atoms with Crippen LogP contribution >= 0.6 is 0 Å². The van der Waals surface area contributed by atoms with E-state index in [1.165, 1.54) is 0 Å². The van der Waals surface area contributed by atoms with Crippen molar-refractivity contribution in [2.45, 2.75) is 63.6 Å². The summed E-state index contributed by atoms with van der Waals surface area (Å²) in [5.41, 5.74) is 0.738. The Bertz CT molecular complexity index is 1020. The standard InChI is InChI=1S/C26H31NO5/c1-25(2,21-10-6-7-11-22(21)31-3)16-26(30,18-8-4-5-9-18)24(29)27-19-12-13-20-17(14-19)15-32-23(20)28/h6-7,10-14,18,30H,4-5,8-9,15-16H2,1-3H3,(H,27,29). The van der Waals surface area contributed by atoms with Gasteiger partial charge in [-0.15, -0.1) is 0 Å². The Labute approximate surface area is 188 Å². The summed E-state index contributed by atoms with van der Waals surface area (Å²) in [6.07, 6.45) is 3.92. The van der Waals surface area contributed by atoms with Crippen molar-refractivity contribution in [2.75, 3.05) is 12.4 Å². The fourth-order valence-electron chi connectivity index (χ4n) is 5.24. The van der Waals surface area contributed by atoms with Gasteiger partial charge < -0.3 is 19.9 Å².